The van der Waals surface area contributed by atoms with E-state index in [1.165, 1.54) is 11.1 Å². The molecule has 3 heteroatoms. The summed E-state index contributed by atoms with van der Waals surface area (Å²) in [6.45, 7) is 3.16. The van der Waals surface area contributed by atoms with Crippen LogP contribution in [0.5, 0.6) is 0 Å². The van der Waals surface area contributed by atoms with Crippen LogP contribution in [0.25, 0.3) is 0 Å². The Hall–Kier alpha value is -0.900. The monoisotopic (exact) mass is 209 g/mol. The van der Waals surface area contributed by atoms with Gasteiger partial charge in [0.2, 0.25) is 0 Å². The summed E-state index contributed by atoms with van der Waals surface area (Å²) in [7, 11) is 0. The van der Waals surface area contributed by atoms with Gasteiger partial charge >= 0.3 is 0 Å². The lowest BCUT2D eigenvalue weighted by Gasteiger charge is -2.08. The third-order valence-electron chi connectivity index (χ3n) is 2.26. The van der Waals surface area contributed by atoms with Crippen molar-refractivity contribution in [1.29, 1.82) is 0 Å². The number of hydrogen-bond acceptors (Lipinski definition) is 3. The molecule has 1 unspecified atom stereocenters. The molecule has 0 aliphatic rings. The summed E-state index contributed by atoms with van der Waals surface area (Å²) >= 11 is 0. The highest BCUT2D eigenvalue weighted by molar-refractivity contribution is 5.22. The van der Waals surface area contributed by atoms with Gasteiger partial charge in [0.25, 0.3) is 0 Å². The Morgan fingerprint density at radius 3 is 2.87 bits per heavy atom. The van der Waals surface area contributed by atoms with Crippen LogP contribution in [0.15, 0.2) is 24.3 Å². The highest BCUT2D eigenvalue weighted by atomic mass is 16.3. The summed E-state index contributed by atoms with van der Waals surface area (Å²) in [6, 6.07) is 8.38. The first-order valence-electron chi connectivity index (χ1n) is 5.27. The van der Waals surface area contributed by atoms with E-state index in [4.69, 9.17) is 10.2 Å². The number of aliphatic hydroxyl groups excluding tert-OH is 2. The number of hydrogen-bond donors (Lipinski definition) is 3. The summed E-state index contributed by atoms with van der Waals surface area (Å²) in [5, 5.41) is 20.8. The van der Waals surface area contributed by atoms with Crippen molar-refractivity contribution in [2.24, 2.45) is 0 Å². The van der Waals surface area contributed by atoms with E-state index in [1.807, 2.05) is 6.07 Å². The second kappa shape index (κ2) is 6.56. The van der Waals surface area contributed by atoms with E-state index >= 15 is 0 Å². The molecule has 0 saturated carbocycles. The van der Waals surface area contributed by atoms with E-state index in [1.54, 1.807) is 0 Å². The highest BCUT2D eigenvalue weighted by Crippen LogP contribution is 2.03. The number of benzene rings is 1. The van der Waals surface area contributed by atoms with Crippen molar-refractivity contribution in [2.45, 2.75) is 19.4 Å². The molecule has 0 aliphatic carbocycles. The average Bonchev–Trinajstić information content (AvgIpc) is 2.24. The molecule has 3 N–H and O–H groups in total. The van der Waals surface area contributed by atoms with Gasteiger partial charge in [-0.3, -0.25) is 0 Å². The van der Waals surface area contributed by atoms with Crippen molar-refractivity contribution in [3.8, 4) is 0 Å². The summed E-state index contributed by atoms with van der Waals surface area (Å²) in [6.07, 6.45) is 0.294. The molecule has 0 aromatic heterocycles. The largest absolute Gasteiger partial charge is 0.394 e. The maximum atomic E-state index is 9.09. The van der Waals surface area contributed by atoms with Crippen LogP contribution in [0.3, 0.4) is 0 Å². The second-order valence-corrected chi connectivity index (χ2v) is 3.78. The smallest absolute Gasteiger partial charge is 0.0894 e. The van der Waals surface area contributed by atoms with Crippen LogP contribution in [-0.4, -0.2) is 36.0 Å². The lowest BCUT2D eigenvalue weighted by Crippen LogP contribution is -2.30. The summed E-state index contributed by atoms with van der Waals surface area (Å²) in [5.74, 6) is 0. The summed E-state index contributed by atoms with van der Waals surface area (Å²) in [4.78, 5) is 0. The van der Waals surface area contributed by atoms with Gasteiger partial charge in [-0.25, -0.2) is 0 Å². The molecule has 0 heterocycles. The van der Waals surface area contributed by atoms with E-state index < -0.39 is 6.10 Å². The van der Waals surface area contributed by atoms with Crippen molar-refractivity contribution in [1.82, 2.24) is 5.32 Å². The fourth-order valence-electron chi connectivity index (χ4n) is 1.43. The minimum Gasteiger partial charge on any atom is -0.394 e. The van der Waals surface area contributed by atoms with Crippen molar-refractivity contribution < 1.29 is 10.2 Å². The quantitative estimate of drug-likeness (QED) is 0.597. The first-order chi connectivity index (χ1) is 7.22. The molecule has 1 aromatic carbocycles. The van der Waals surface area contributed by atoms with Crippen molar-refractivity contribution >= 4 is 0 Å². The Labute approximate surface area is 90.8 Å². The summed E-state index contributed by atoms with van der Waals surface area (Å²) in [5.41, 5.74) is 2.56. The molecule has 0 bridgehead atoms. The molecule has 0 spiro atoms. The van der Waals surface area contributed by atoms with Crippen LogP contribution in [0, 0.1) is 6.92 Å². The molecule has 0 radical (unpaired) electrons. The maximum absolute atomic E-state index is 9.09. The molecule has 1 aromatic rings. The molecule has 1 rings (SSSR count). The standard InChI is InChI=1S/C12H19NO2/c1-10-3-2-4-11(7-10)5-6-13-8-12(15)9-14/h2-4,7,12-15H,5-6,8-9H2,1H3. The van der Waals surface area contributed by atoms with Gasteiger partial charge < -0.3 is 15.5 Å². The third-order valence-corrected chi connectivity index (χ3v) is 2.26. The lowest BCUT2D eigenvalue weighted by atomic mass is 10.1. The third kappa shape index (κ3) is 4.93. The Morgan fingerprint density at radius 1 is 1.40 bits per heavy atom. The summed E-state index contributed by atoms with van der Waals surface area (Å²) < 4.78 is 0. The average molecular weight is 209 g/mol. The van der Waals surface area contributed by atoms with Gasteiger partial charge in [0.1, 0.15) is 0 Å². The molecular formula is C12H19NO2. The van der Waals surface area contributed by atoms with Gasteiger partial charge in [-0.1, -0.05) is 29.8 Å². The van der Waals surface area contributed by atoms with E-state index in [0.717, 1.165) is 13.0 Å². The SMILES string of the molecule is Cc1cccc(CCNCC(O)CO)c1. The number of rotatable bonds is 6. The zero-order valence-electron chi connectivity index (χ0n) is 9.11. The highest BCUT2D eigenvalue weighted by Gasteiger charge is 2.00. The fourth-order valence-corrected chi connectivity index (χ4v) is 1.43. The van der Waals surface area contributed by atoms with Gasteiger partial charge in [0.05, 0.1) is 12.7 Å². The van der Waals surface area contributed by atoms with Crippen LogP contribution in [0.2, 0.25) is 0 Å². The Morgan fingerprint density at radius 2 is 2.20 bits per heavy atom. The number of aliphatic hydroxyl groups is 2. The minimum atomic E-state index is -0.650. The topological polar surface area (TPSA) is 52.5 Å². The molecular weight excluding hydrogens is 190 g/mol. The molecule has 1 atom stereocenters. The van der Waals surface area contributed by atoms with Gasteiger partial charge in [-0.15, -0.1) is 0 Å². The van der Waals surface area contributed by atoms with Gasteiger partial charge in [-0.05, 0) is 25.5 Å². The van der Waals surface area contributed by atoms with Crippen LogP contribution in [0.1, 0.15) is 11.1 Å². The Balaban J connectivity index is 2.20. The second-order valence-electron chi connectivity index (χ2n) is 3.78. The van der Waals surface area contributed by atoms with Gasteiger partial charge in [0, 0.05) is 6.54 Å². The van der Waals surface area contributed by atoms with Crippen LogP contribution in [0.4, 0.5) is 0 Å². The Bertz CT molecular complexity index is 289. The molecule has 0 fully saturated rings. The molecule has 15 heavy (non-hydrogen) atoms. The van der Waals surface area contributed by atoms with Crippen LogP contribution in [-0.2, 0) is 6.42 Å². The van der Waals surface area contributed by atoms with Crippen molar-refractivity contribution in [2.75, 3.05) is 19.7 Å². The van der Waals surface area contributed by atoms with Crippen molar-refractivity contribution in [3.63, 3.8) is 0 Å². The van der Waals surface area contributed by atoms with Crippen LogP contribution < -0.4 is 5.32 Å². The zero-order chi connectivity index (χ0) is 11.1. The lowest BCUT2D eigenvalue weighted by molar-refractivity contribution is 0.0947. The molecule has 0 aliphatic heterocycles. The number of aryl methyl sites for hydroxylation is 1. The molecule has 0 amide bonds. The van der Waals surface area contributed by atoms with Gasteiger partial charge in [-0.2, -0.15) is 0 Å². The first kappa shape index (κ1) is 12.2. The van der Waals surface area contributed by atoms with Gasteiger partial charge in [0.15, 0.2) is 0 Å². The fraction of sp³-hybridized carbons (Fsp3) is 0.500. The Kier molecular flexibility index (Phi) is 5.32. The maximum Gasteiger partial charge on any atom is 0.0894 e. The first-order valence-corrected chi connectivity index (χ1v) is 5.27. The predicted molar refractivity (Wildman–Crippen MR) is 60.8 cm³/mol. The molecule has 3 nitrogen and oxygen atoms in total. The van der Waals surface area contributed by atoms with Crippen molar-refractivity contribution in [3.05, 3.63) is 35.4 Å². The molecule has 84 valence electrons. The normalized spacial score (nSPS) is 12.7. The minimum absolute atomic E-state index is 0.183. The van der Waals surface area contributed by atoms with E-state index in [9.17, 15) is 0 Å². The van der Waals surface area contributed by atoms with Crippen LogP contribution >= 0.6 is 0 Å². The van der Waals surface area contributed by atoms with E-state index in [0.29, 0.717) is 6.54 Å². The van der Waals surface area contributed by atoms with E-state index in [-0.39, 0.29) is 6.61 Å². The molecule has 0 saturated heterocycles. The van der Waals surface area contributed by atoms with E-state index in [2.05, 4.69) is 30.4 Å². The predicted octanol–water partition coefficient (Wildman–Crippen LogP) is 0.480. The zero-order valence-corrected chi connectivity index (χ0v) is 9.11. The number of nitrogens with one attached hydrogen (secondary N) is 1.